The van der Waals surface area contributed by atoms with Gasteiger partial charge in [-0.05, 0) is 38.8 Å². The highest BCUT2D eigenvalue weighted by Crippen LogP contribution is 2.19. The predicted molar refractivity (Wildman–Crippen MR) is 74.2 cm³/mol. The van der Waals surface area contributed by atoms with E-state index in [2.05, 4.69) is 28.6 Å². The molecule has 0 fully saturated rings. The number of aromatic nitrogens is 4. The summed E-state index contributed by atoms with van der Waals surface area (Å²) >= 11 is 0. The minimum absolute atomic E-state index is 0.107. The zero-order chi connectivity index (χ0) is 13.8. The van der Waals surface area contributed by atoms with Crippen LogP contribution in [0, 0.1) is 6.92 Å². The van der Waals surface area contributed by atoms with E-state index in [1.165, 1.54) is 5.69 Å². The van der Waals surface area contributed by atoms with Crippen LogP contribution in [-0.4, -0.2) is 19.6 Å². The molecule has 6 nitrogen and oxygen atoms in total. The van der Waals surface area contributed by atoms with Gasteiger partial charge >= 0.3 is 0 Å². The Morgan fingerprint density at radius 1 is 1.47 bits per heavy atom. The van der Waals surface area contributed by atoms with Gasteiger partial charge in [0.25, 0.3) is 0 Å². The Kier molecular flexibility index (Phi) is 4.34. The van der Waals surface area contributed by atoms with E-state index in [0.717, 1.165) is 30.8 Å². The van der Waals surface area contributed by atoms with Gasteiger partial charge in [-0.2, -0.15) is 10.2 Å². The van der Waals surface area contributed by atoms with E-state index in [4.69, 9.17) is 5.84 Å². The normalized spacial score (nSPS) is 12.8. The number of nitrogens with one attached hydrogen (secondary N) is 1. The molecule has 104 valence electrons. The minimum atomic E-state index is 0.107. The smallest absolute Gasteiger partial charge is 0.0632 e. The lowest BCUT2D eigenvalue weighted by atomic mass is 10.1. The Morgan fingerprint density at radius 3 is 2.84 bits per heavy atom. The average molecular weight is 262 g/mol. The van der Waals surface area contributed by atoms with E-state index in [0.29, 0.717) is 0 Å². The first-order valence-electron chi connectivity index (χ1n) is 6.63. The van der Waals surface area contributed by atoms with E-state index in [-0.39, 0.29) is 6.04 Å². The summed E-state index contributed by atoms with van der Waals surface area (Å²) in [4.78, 5) is 0. The third kappa shape index (κ3) is 3.02. The monoisotopic (exact) mass is 262 g/mol. The Balaban J connectivity index is 2.09. The molecule has 2 rings (SSSR count). The summed E-state index contributed by atoms with van der Waals surface area (Å²) in [5, 5.41) is 8.64. The molecule has 0 aromatic carbocycles. The van der Waals surface area contributed by atoms with Crippen LogP contribution in [0.15, 0.2) is 18.3 Å². The van der Waals surface area contributed by atoms with E-state index in [9.17, 15) is 0 Å². The number of hydrogen-bond donors (Lipinski definition) is 2. The topological polar surface area (TPSA) is 73.7 Å². The molecule has 0 radical (unpaired) electrons. The molecule has 0 amide bonds. The molecule has 19 heavy (non-hydrogen) atoms. The number of hydrazine groups is 1. The standard InChI is InChI=1S/C13H22N6/c1-4-19-13(9-10(2)17-19)12(16-14)6-5-11-7-8-15-18(11)3/h7-9,12,16H,4-6,14H2,1-3H3. The summed E-state index contributed by atoms with van der Waals surface area (Å²) in [6.45, 7) is 4.95. The zero-order valence-corrected chi connectivity index (χ0v) is 11.8. The van der Waals surface area contributed by atoms with Crippen molar-refractivity contribution in [2.24, 2.45) is 12.9 Å². The van der Waals surface area contributed by atoms with E-state index < -0.39 is 0 Å². The molecule has 3 N–H and O–H groups in total. The van der Waals surface area contributed by atoms with Gasteiger partial charge in [0.1, 0.15) is 0 Å². The molecule has 6 heteroatoms. The molecule has 0 saturated carbocycles. The number of nitrogens with zero attached hydrogens (tertiary/aromatic N) is 4. The van der Waals surface area contributed by atoms with Crippen molar-refractivity contribution in [2.45, 2.75) is 39.3 Å². The van der Waals surface area contributed by atoms with Gasteiger partial charge < -0.3 is 0 Å². The van der Waals surface area contributed by atoms with E-state index in [1.807, 2.05) is 35.6 Å². The van der Waals surface area contributed by atoms with Gasteiger partial charge in [0.15, 0.2) is 0 Å². The fourth-order valence-corrected chi connectivity index (χ4v) is 2.35. The van der Waals surface area contributed by atoms with Crippen LogP contribution in [0.1, 0.15) is 36.5 Å². The van der Waals surface area contributed by atoms with E-state index >= 15 is 0 Å². The van der Waals surface area contributed by atoms with Crippen molar-refractivity contribution in [3.63, 3.8) is 0 Å². The first kappa shape index (κ1) is 13.8. The summed E-state index contributed by atoms with van der Waals surface area (Å²) < 4.78 is 3.90. The molecule has 0 spiro atoms. The highest BCUT2D eigenvalue weighted by Gasteiger charge is 2.16. The zero-order valence-electron chi connectivity index (χ0n) is 11.8. The van der Waals surface area contributed by atoms with Crippen molar-refractivity contribution in [1.82, 2.24) is 25.0 Å². The average Bonchev–Trinajstić information content (AvgIpc) is 2.97. The molecule has 2 aromatic rings. The molecular weight excluding hydrogens is 240 g/mol. The molecule has 0 aliphatic carbocycles. The molecule has 2 aromatic heterocycles. The summed E-state index contributed by atoms with van der Waals surface area (Å²) in [7, 11) is 1.96. The van der Waals surface area contributed by atoms with Crippen molar-refractivity contribution >= 4 is 0 Å². The van der Waals surface area contributed by atoms with Gasteiger partial charge in [-0.15, -0.1) is 0 Å². The van der Waals surface area contributed by atoms with Crippen LogP contribution in [-0.2, 0) is 20.0 Å². The summed E-state index contributed by atoms with van der Waals surface area (Å²) in [6, 6.07) is 4.24. The second kappa shape index (κ2) is 5.99. The first-order chi connectivity index (χ1) is 9.15. The Hall–Kier alpha value is -1.66. The minimum Gasteiger partial charge on any atom is -0.273 e. The van der Waals surface area contributed by atoms with Crippen LogP contribution in [0.3, 0.4) is 0 Å². The van der Waals surface area contributed by atoms with Crippen molar-refractivity contribution in [3.05, 3.63) is 35.4 Å². The number of hydrogen-bond acceptors (Lipinski definition) is 4. The lowest BCUT2D eigenvalue weighted by Crippen LogP contribution is -2.30. The first-order valence-corrected chi connectivity index (χ1v) is 6.63. The second-order valence-electron chi connectivity index (χ2n) is 4.73. The summed E-state index contributed by atoms with van der Waals surface area (Å²) in [5.41, 5.74) is 6.27. The Bertz CT molecular complexity index is 527. The number of nitrogens with two attached hydrogens (primary N) is 1. The lowest BCUT2D eigenvalue weighted by molar-refractivity contribution is 0.461. The molecule has 0 aliphatic rings. The lowest BCUT2D eigenvalue weighted by Gasteiger charge is -2.17. The molecule has 1 unspecified atom stereocenters. The van der Waals surface area contributed by atoms with Crippen LogP contribution >= 0.6 is 0 Å². The third-order valence-electron chi connectivity index (χ3n) is 3.40. The van der Waals surface area contributed by atoms with Gasteiger partial charge in [0.2, 0.25) is 0 Å². The maximum Gasteiger partial charge on any atom is 0.0632 e. The third-order valence-corrected chi connectivity index (χ3v) is 3.40. The van der Waals surface area contributed by atoms with Crippen molar-refractivity contribution in [1.29, 1.82) is 0 Å². The van der Waals surface area contributed by atoms with Gasteiger partial charge in [-0.1, -0.05) is 0 Å². The maximum absolute atomic E-state index is 5.70. The summed E-state index contributed by atoms with van der Waals surface area (Å²) in [6.07, 6.45) is 3.67. The Labute approximate surface area is 113 Å². The highest BCUT2D eigenvalue weighted by molar-refractivity contribution is 5.14. The molecule has 1 atom stereocenters. The largest absolute Gasteiger partial charge is 0.273 e. The molecule has 0 bridgehead atoms. The quantitative estimate of drug-likeness (QED) is 0.603. The van der Waals surface area contributed by atoms with Crippen LogP contribution in [0.25, 0.3) is 0 Å². The van der Waals surface area contributed by atoms with Crippen molar-refractivity contribution < 1.29 is 0 Å². The predicted octanol–water partition coefficient (Wildman–Crippen LogP) is 1.08. The number of rotatable bonds is 6. The number of aryl methyl sites for hydroxylation is 4. The van der Waals surface area contributed by atoms with Crippen molar-refractivity contribution in [3.8, 4) is 0 Å². The van der Waals surface area contributed by atoms with Gasteiger partial charge in [-0.3, -0.25) is 20.6 Å². The van der Waals surface area contributed by atoms with Gasteiger partial charge in [0.05, 0.1) is 17.4 Å². The maximum atomic E-state index is 5.70. The summed E-state index contributed by atoms with van der Waals surface area (Å²) in [5.74, 6) is 5.70. The van der Waals surface area contributed by atoms with Crippen LogP contribution in [0.2, 0.25) is 0 Å². The fraction of sp³-hybridized carbons (Fsp3) is 0.538. The van der Waals surface area contributed by atoms with Gasteiger partial charge in [-0.25, -0.2) is 0 Å². The molecule has 2 heterocycles. The second-order valence-corrected chi connectivity index (χ2v) is 4.73. The van der Waals surface area contributed by atoms with Crippen molar-refractivity contribution in [2.75, 3.05) is 0 Å². The molecule has 0 saturated heterocycles. The van der Waals surface area contributed by atoms with Crippen LogP contribution in [0.5, 0.6) is 0 Å². The SMILES string of the molecule is CCn1nc(C)cc1C(CCc1ccnn1C)NN. The highest BCUT2D eigenvalue weighted by atomic mass is 15.3. The Morgan fingerprint density at radius 2 is 2.26 bits per heavy atom. The van der Waals surface area contributed by atoms with Crippen LogP contribution in [0.4, 0.5) is 0 Å². The van der Waals surface area contributed by atoms with Crippen LogP contribution < -0.4 is 11.3 Å². The molecule has 0 aliphatic heterocycles. The van der Waals surface area contributed by atoms with Gasteiger partial charge in [0, 0.05) is 25.5 Å². The fourth-order valence-electron chi connectivity index (χ4n) is 2.35. The molecular formula is C13H22N6. The van der Waals surface area contributed by atoms with E-state index in [1.54, 1.807) is 0 Å².